The van der Waals surface area contributed by atoms with Crippen molar-refractivity contribution >= 4 is 33.6 Å². The van der Waals surface area contributed by atoms with Crippen LogP contribution < -0.4 is 10.7 Å². The molecule has 4 aromatic rings. The van der Waals surface area contributed by atoms with Gasteiger partial charge >= 0.3 is 0 Å². The minimum atomic E-state index is -0.391. The molecule has 0 spiro atoms. The van der Waals surface area contributed by atoms with Crippen molar-refractivity contribution in [3.63, 3.8) is 0 Å². The molecule has 4 rings (SSSR count). The van der Waals surface area contributed by atoms with Gasteiger partial charge in [-0.05, 0) is 36.8 Å². The van der Waals surface area contributed by atoms with E-state index in [4.69, 9.17) is 0 Å². The predicted octanol–water partition coefficient (Wildman–Crippen LogP) is 5.96. The second-order valence-electron chi connectivity index (χ2n) is 6.80. The lowest BCUT2D eigenvalue weighted by Crippen LogP contribution is -2.11. The Morgan fingerprint density at radius 3 is 2.42 bits per heavy atom. The third-order valence-corrected chi connectivity index (χ3v) is 5.33. The van der Waals surface area contributed by atoms with Crippen molar-refractivity contribution in [1.29, 1.82) is 0 Å². The van der Waals surface area contributed by atoms with E-state index in [1.807, 2.05) is 61.5 Å². The summed E-state index contributed by atoms with van der Waals surface area (Å²) < 4.78 is 13.2. The second kappa shape index (κ2) is 9.32. The molecule has 0 atom stereocenters. The first-order valence-corrected chi connectivity index (χ1v) is 10.4. The SMILES string of the molecule is Cc1ccc(/C=N\Nc2nc(-c3ccccc3)c(NC(=O)c3ccc(F)cc3)s2)cc1. The zero-order valence-corrected chi connectivity index (χ0v) is 17.5. The van der Waals surface area contributed by atoms with E-state index >= 15 is 0 Å². The van der Waals surface area contributed by atoms with E-state index in [2.05, 4.69) is 20.8 Å². The van der Waals surface area contributed by atoms with E-state index in [9.17, 15) is 9.18 Å². The number of anilines is 2. The molecule has 0 saturated heterocycles. The van der Waals surface area contributed by atoms with Crippen LogP contribution in [0, 0.1) is 12.7 Å². The van der Waals surface area contributed by atoms with Crippen LogP contribution in [0.5, 0.6) is 0 Å². The van der Waals surface area contributed by atoms with Gasteiger partial charge < -0.3 is 5.32 Å². The van der Waals surface area contributed by atoms with Gasteiger partial charge in [-0.2, -0.15) is 5.10 Å². The van der Waals surface area contributed by atoms with Gasteiger partial charge in [0.15, 0.2) is 0 Å². The van der Waals surface area contributed by atoms with Crippen LogP contribution in [0.2, 0.25) is 0 Å². The summed E-state index contributed by atoms with van der Waals surface area (Å²) in [7, 11) is 0. The number of hydrogen-bond donors (Lipinski definition) is 2. The van der Waals surface area contributed by atoms with Crippen LogP contribution in [0.15, 0.2) is 84.0 Å². The zero-order valence-electron chi connectivity index (χ0n) is 16.7. The van der Waals surface area contributed by atoms with Crippen LogP contribution in [0.4, 0.5) is 14.5 Å². The minimum absolute atomic E-state index is 0.337. The average molecular weight is 431 g/mol. The summed E-state index contributed by atoms with van der Waals surface area (Å²) in [5.41, 5.74) is 6.94. The molecular weight excluding hydrogens is 411 g/mol. The number of rotatable bonds is 6. The number of carbonyl (C=O) groups excluding carboxylic acids is 1. The highest BCUT2D eigenvalue weighted by Crippen LogP contribution is 2.36. The van der Waals surface area contributed by atoms with Crippen molar-refractivity contribution in [3.8, 4) is 11.3 Å². The van der Waals surface area contributed by atoms with Crippen LogP contribution in [-0.2, 0) is 0 Å². The first-order chi connectivity index (χ1) is 15.1. The Labute approximate surface area is 183 Å². The van der Waals surface area contributed by atoms with Crippen molar-refractivity contribution < 1.29 is 9.18 Å². The number of aromatic nitrogens is 1. The highest BCUT2D eigenvalue weighted by Gasteiger charge is 2.16. The molecule has 154 valence electrons. The number of nitrogens with one attached hydrogen (secondary N) is 2. The third kappa shape index (κ3) is 5.21. The van der Waals surface area contributed by atoms with Gasteiger partial charge in [0.1, 0.15) is 16.5 Å². The van der Waals surface area contributed by atoms with E-state index in [0.29, 0.717) is 21.4 Å². The topological polar surface area (TPSA) is 66.4 Å². The summed E-state index contributed by atoms with van der Waals surface area (Å²) in [6.07, 6.45) is 1.71. The number of halogens is 1. The molecule has 1 aromatic heterocycles. The maximum atomic E-state index is 13.2. The van der Waals surface area contributed by atoms with Crippen LogP contribution in [0.3, 0.4) is 0 Å². The fraction of sp³-hybridized carbons (Fsp3) is 0.0417. The van der Waals surface area contributed by atoms with Gasteiger partial charge in [-0.1, -0.05) is 71.5 Å². The summed E-state index contributed by atoms with van der Waals surface area (Å²) >= 11 is 1.28. The van der Waals surface area contributed by atoms with Crippen molar-refractivity contribution in [2.45, 2.75) is 6.92 Å². The molecule has 7 heteroatoms. The van der Waals surface area contributed by atoms with Crippen LogP contribution in [-0.4, -0.2) is 17.1 Å². The number of thiazole rings is 1. The average Bonchev–Trinajstić information content (AvgIpc) is 3.18. The number of hydrogen-bond acceptors (Lipinski definition) is 5. The molecule has 1 amide bonds. The van der Waals surface area contributed by atoms with Gasteiger partial charge in [0.05, 0.1) is 6.21 Å². The molecule has 0 bridgehead atoms. The van der Waals surface area contributed by atoms with Crippen molar-refractivity contribution in [2.24, 2.45) is 5.10 Å². The summed E-state index contributed by atoms with van der Waals surface area (Å²) in [6.45, 7) is 2.03. The van der Waals surface area contributed by atoms with Crippen LogP contribution in [0.1, 0.15) is 21.5 Å². The van der Waals surface area contributed by atoms with Crippen LogP contribution >= 0.6 is 11.3 Å². The number of nitrogens with zero attached hydrogens (tertiary/aromatic N) is 2. The number of carbonyl (C=O) groups is 1. The monoisotopic (exact) mass is 430 g/mol. The predicted molar refractivity (Wildman–Crippen MR) is 124 cm³/mol. The Morgan fingerprint density at radius 2 is 1.71 bits per heavy atom. The van der Waals surface area contributed by atoms with E-state index in [1.54, 1.807) is 6.21 Å². The number of amides is 1. The molecule has 5 nitrogen and oxygen atoms in total. The van der Waals surface area contributed by atoms with Gasteiger partial charge in [0.2, 0.25) is 5.13 Å². The highest BCUT2D eigenvalue weighted by atomic mass is 32.1. The molecule has 0 unspecified atom stereocenters. The Bertz CT molecular complexity index is 1200. The molecule has 1 heterocycles. The van der Waals surface area contributed by atoms with Gasteiger partial charge in [0.25, 0.3) is 5.91 Å². The van der Waals surface area contributed by atoms with Crippen molar-refractivity contribution in [2.75, 3.05) is 10.7 Å². The lowest BCUT2D eigenvalue weighted by atomic mass is 10.1. The van der Waals surface area contributed by atoms with E-state index in [-0.39, 0.29) is 5.91 Å². The number of hydrazone groups is 1. The quantitative estimate of drug-likeness (QED) is 0.293. The first-order valence-electron chi connectivity index (χ1n) is 9.57. The minimum Gasteiger partial charge on any atom is -0.312 e. The summed E-state index contributed by atoms with van der Waals surface area (Å²) in [5.74, 6) is -0.729. The molecule has 0 aliphatic rings. The fourth-order valence-corrected chi connectivity index (χ4v) is 3.67. The van der Waals surface area contributed by atoms with Crippen molar-refractivity contribution in [3.05, 3.63) is 101 Å². The number of benzene rings is 3. The molecule has 0 radical (unpaired) electrons. The van der Waals surface area contributed by atoms with E-state index in [1.165, 1.54) is 41.2 Å². The van der Waals surface area contributed by atoms with E-state index in [0.717, 1.165) is 11.1 Å². The third-order valence-electron chi connectivity index (χ3n) is 4.46. The highest BCUT2D eigenvalue weighted by molar-refractivity contribution is 7.20. The van der Waals surface area contributed by atoms with Gasteiger partial charge in [0, 0.05) is 11.1 Å². The molecule has 31 heavy (non-hydrogen) atoms. The normalized spacial score (nSPS) is 10.9. The first kappa shape index (κ1) is 20.4. The zero-order chi connectivity index (χ0) is 21.6. The lowest BCUT2D eigenvalue weighted by molar-refractivity contribution is 0.102. The summed E-state index contributed by atoms with van der Waals surface area (Å²) in [5, 5.41) is 8.25. The largest absolute Gasteiger partial charge is 0.312 e. The molecular formula is C24H19FN4OS. The Hall–Kier alpha value is -3.84. The molecule has 0 aliphatic heterocycles. The molecule has 0 fully saturated rings. The van der Waals surface area contributed by atoms with E-state index < -0.39 is 5.82 Å². The van der Waals surface area contributed by atoms with Gasteiger partial charge in [-0.3, -0.25) is 10.2 Å². The Kier molecular flexibility index (Phi) is 6.14. The van der Waals surface area contributed by atoms with Gasteiger partial charge in [-0.15, -0.1) is 0 Å². The fourth-order valence-electron chi connectivity index (χ4n) is 2.84. The maximum Gasteiger partial charge on any atom is 0.256 e. The number of aryl methyl sites for hydroxylation is 1. The Morgan fingerprint density at radius 1 is 1.00 bits per heavy atom. The molecule has 0 aliphatic carbocycles. The molecule has 0 saturated carbocycles. The summed E-state index contributed by atoms with van der Waals surface area (Å²) in [6, 6.07) is 22.9. The molecule has 2 N–H and O–H groups in total. The lowest BCUT2D eigenvalue weighted by Gasteiger charge is -2.05. The van der Waals surface area contributed by atoms with Crippen molar-refractivity contribution in [1.82, 2.24) is 4.98 Å². The maximum absolute atomic E-state index is 13.2. The van der Waals surface area contributed by atoms with Crippen LogP contribution in [0.25, 0.3) is 11.3 Å². The summed E-state index contributed by atoms with van der Waals surface area (Å²) in [4.78, 5) is 17.2. The standard InChI is InChI=1S/C24H19FN4OS/c1-16-7-9-17(10-8-16)15-26-29-24-27-21(18-5-3-2-4-6-18)23(31-24)28-22(30)19-11-13-20(25)14-12-19/h2-15H,1H3,(H,27,29)(H,28,30)/b26-15-. The smallest absolute Gasteiger partial charge is 0.256 e. The van der Waals surface area contributed by atoms with Gasteiger partial charge in [-0.25, -0.2) is 9.37 Å². The second-order valence-corrected chi connectivity index (χ2v) is 7.80. The Balaban J connectivity index is 1.57. The molecule has 3 aromatic carbocycles.